The second-order valence-electron chi connectivity index (χ2n) is 6.51. The first-order chi connectivity index (χ1) is 12.4. The Kier molecular flexibility index (Phi) is 9.71. The van der Waals surface area contributed by atoms with Gasteiger partial charge < -0.3 is 25.1 Å². The number of sulfonamides is 1. The van der Waals surface area contributed by atoms with Crippen LogP contribution in [0.5, 0.6) is 0 Å². The Morgan fingerprint density at radius 1 is 1.26 bits per heavy atom. The fourth-order valence-electron chi connectivity index (χ4n) is 3.02. The minimum Gasteiger partial charge on any atom is -0.384 e. The first kappa shape index (κ1) is 23.9. The van der Waals surface area contributed by atoms with Gasteiger partial charge in [-0.15, -0.1) is 12.4 Å². The zero-order valence-electron chi connectivity index (χ0n) is 15.7. The molecule has 1 amide bonds. The summed E-state index contributed by atoms with van der Waals surface area (Å²) in [5, 5.41) is 6.20. The summed E-state index contributed by atoms with van der Waals surface area (Å²) in [5.74, 6) is -0.336. The molecular formula is C16H29ClN4O5S. The van der Waals surface area contributed by atoms with E-state index in [-0.39, 0.29) is 47.5 Å². The molecule has 2 heterocycles. The summed E-state index contributed by atoms with van der Waals surface area (Å²) in [6.45, 7) is 3.26. The quantitative estimate of drug-likeness (QED) is 0.395. The lowest BCUT2D eigenvalue weighted by Gasteiger charge is -2.37. The van der Waals surface area contributed by atoms with E-state index in [1.807, 2.05) is 0 Å². The lowest BCUT2D eigenvalue weighted by molar-refractivity contribution is 0.0511. The van der Waals surface area contributed by atoms with Crippen LogP contribution in [0.2, 0.25) is 0 Å². The summed E-state index contributed by atoms with van der Waals surface area (Å²) in [7, 11) is -0.522. The first-order valence-electron chi connectivity index (χ1n) is 8.57. The number of carbonyl (C=O) groups excluding carboxylic acids is 1. The van der Waals surface area contributed by atoms with Gasteiger partial charge in [0.15, 0.2) is 0 Å². The highest BCUT2D eigenvalue weighted by atomic mass is 35.5. The van der Waals surface area contributed by atoms with Crippen LogP contribution < -0.4 is 15.4 Å². The molecule has 0 spiro atoms. The molecule has 1 aliphatic heterocycles. The van der Waals surface area contributed by atoms with Crippen molar-refractivity contribution in [3.63, 3.8) is 0 Å². The second kappa shape index (κ2) is 11.0. The van der Waals surface area contributed by atoms with Crippen LogP contribution in [-0.2, 0) is 19.5 Å². The maximum Gasteiger partial charge on any atom is 0.267 e. The van der Waals surface area contributed by atoms with Crippen molar-refractivity contribution in [2.45, 2.75) is 17.7 Å². The second-order valence-corrected chi connectivity index (χ2v) is 8.27. The monoisotopic (exact) mass is 424 g/mol. The zero-order chi connectivity index (χ0) is 19.0. The summed E-state index contributed by atoms with van der Waals surface area (Å²) in [6, 6.07) is 1.33. The largest absolute Gasteiger partial charge is 0.384 e. The summed E-state index contributed by atoms with van der Waals surface area (Å²) >= 11 is 0. The van der Waals surface area contributed by atoms with Crippen molar-refractivity contribution in [1.82, 2.24) is 20.3 Å². The molecule has 0 aliphatic carbocycles. The minimum atomic E-state index is -3.67. The van der Waals surface area contributed by atoms with Crippen LogP contribution in [0.1, 0.15) is 23.3 Å². The molecule has 0 unspecified atom stereocenters. The number of rotatable bonds is 10. The third-order valence-corrected chi connectivity index (χ3v) is 5.99. The summed E-state index contributed by atoms with van der Waals surface area (Å²) in [5.41, 5.74) is 0.109. The zero-order valence-corrected chi connectivity index (χ0v) is 17.3. The van der Waals surface area contributed by atoms with Gasteiger partial charge in [-0.1, -0.05) is 0 Å². The van der Waals surface area contributed by atoms with E-state index in [0.717, 1.165) is 25.9 Å². The number of hydrogen-bond donors (Lipinski definition) is 4. The average Bonchev–Trinajstić information content (AvgIpc) is 3.12. The molecule has 4 N–H and O–H groups in total. The summed E-state index contributed by atoms with van der Waals surface area (Å²) in [6.07, 6.45) is 3.13. The Morgan fingerprint density at radius 3 is 2.59 bits per heavy atom. The van der Waals surface area contributed by atoms with E-state index in [1.54, 1.807) is 7.11 Å². The summed E-state index contributed by atoms with van der Waals surface area (Å²) in [4.78, 5) is 15.1. The maximum absolute atomic E-state index is 12.4. The van der Waals surface area contributed by atoms with Crippen molar-refractivity contribution in [2.24, 2.45) is 5.41 Å². The van der Waals surface area contributed by atoms with Crippen LogP contribution in [0.25, 0.3) is 0 Å². The Bertz CT molecular complexity index is 683. The Hall–Kier alpha value is -1.17. The predicted molar refractivity (Wildman–Crippen MR) is 104 cm³/mol. The SMILES string of the molecule is COCCNS(=O)(=O)c1c[nH]c(C(=O)NCC2(COC)CCNCC2)c1.Cl. The number of aromatic amines is 1. The lowest BCUT2D eigenvalue weighted by Crippen LogP contribution is -2.47. The lowest BCUT2D eigenvalue weighted by atomic mass is 9.79. The van der Waals surface area contributed by atoms with Crippen LogP contribution in [-0.4, -0.2) is 72.9 Å². The fourth-order valence-corrected chi connectivity index (χ4v) is 4.03. The van der Waals surface area contributed by atoms with Gasteiger partial charge in [0.1, 0.15) is 10.6 Å². The molecule has 1 aliphatic rings. The third kappa shape index (κ3) is 6.74. The third-order valence-electron chi connectivity index (χ3n) is 4.55. The number of ether oxygens (including phenoxy) is 2. The van der Waals surface area contributed by atoms with Crippen LogP contribution >= 0.6 is 12.4 Å². The molecule has 0 bridgehead atoms. The molecule has 9 nitrogen and oxygen atoms in total. The molecule has 11 heteroatoms. The number of methoxy groups -OCH3 is 2. The van der Waals surface area contributed by atoms with Crippen molar-refractivity contribution in [3.05, 3.63) is 18.0 Å². The predicted octanol–water partition coefficient (Wildman–Crippen LogP) is 0.107. The molecule has 0 saturated carbocycles. The molecule has 0 aromatic carbocycles. The highest BCUT2D eigenvalue weighted by Gasteiger charge is 2.32. The molecule has 2 rings (SSSR count). The molecule has 27 heavy (non-hydrogen) atoms. The number of halogens is 1. The van der Waals surface area contributed by atoms with Crippen LogP contribution in [0, 0.1) is 5.41 Å². The van der Waals surface area contributed by atoms with Crippen LogP contribution in [0.4, 0.5) is 0 Å². The molecule has 156 valence electrons. The highest BCUT2D eigenvalue weighted by molar-refractivity contribution is 7.89. The maximum atomic E-state index is 12.4. The van der Waals surface area contributed by atoms with E-state index >= 15 is 0 Å². The van der Waals surface area contributed by atoms with Gasteiger partial charge in [-0.25, -0.2) is 13.1 Å². The van der Waals surface area contributed by atoms with E-state index in [9.17, 15) is 13.2 Å². The number of aromatic nitrogens is 1. The number of piperidine rings is 1. The highest BCUT2D eigenvalue weighted by Crippen LogP contribution is 2.28. The number of carbonyl (C=O) groups is 1. The van der Waals surface area contributed by atoms with Crippen molar-refractivity contribution in [1.29, 1.82) is 0 Å². The van der Waals surface area contributed by atoms with E-state index in [1.165, 1.54) is 19.4 Å². The average molecular weight is 425 g/mol. The van der Waals surface area contributed by atoms with Crippen molar-refractivity contribution < 1.29 is 22.7 Å². The Balaban J connectivity index is 0.00000364. The topological polar surface area (TPSA) is 122 Å². The van der Waals surface area contributed by atoms with E-state index in [2.05, 4.69) is 20.3 Å². The standard InChI is InChI=1S/C16H28N4O5S.ClH/c1-24-8-7-20-26(22,23)13-9-14(18-10-13)15(21)19-11-16(12-25-2)3-5-17-6-4-16;/h9-10,17-18,20H,3-8,11-12H2,1-2H3,(H,19,21);1H. The number of nitrogens with one attached hydrogen (secondary N) is 4. The smallest absolute Gasteiger partial charge is 0.267 e. The number of hydrogen-bond acceptors (Lipinski definition) is 6. The van der Waals surface area contributed by atoms with Crippen LogP contribution in [0.3, 0.4) is 0 Å². The van der Waals surface area contributed by atoms with E-state index < -0.39 is 10.0 Å². The van der Waals surface area contributed by atoms with Gasteiger partial charge in [0, 0.05) is 38.9 Å². The van der Waals surface area contributed by atoms with E-state index in [0.29, 0.717) is 13.2 Å². The molecule has 0 atom stereocenters. The van der Waals surface area contributed by atoms with Crippen molar-refractivity contribution in [2.75, 3.05) is 53.6 Å². The Labute approximate surface area is 166 Å². The molecule has 1 saturated heterocycles. The van der Waals surface area contributed by atoms with Crippen molar-refractivity contribution in [3.8, 4) is 0 Å². The molecule has 1 aromatic rings. The molecule has 0 radical (unpaired) electrons. The van der Waals surface area contributed by atoms with Gasteiger partial charge in [-0.3, -0.25) is 4.79 Å². The fraction of sp³-hybridized carbons (Fsp3) is 0.688. The number of amides is 1. The van der Waals surface area contributed by atoms with Gasteiger partial charge >= 0.3 is 0 Å². The van der Waals surface area contributed by atoms with Crippen molar-refractivity contribution >= 4 is 28.3 Å². The summed E-state index contributed by atoms with van der Waals surface area (Å²) < 4.78 is 36.8. The first-order valence-corrected chi connectivity index (χ1v) is 10.1. The normalized spacial score (nSPS) is 16.5. The number of H-pyrrole nitrogens is 1. The van der Waals surface area contributed by atoms with Crippen LogP contribution in [0.15, 0.2) is 17.2 Å². The molecule has 1 aromatic heterocycles. The molecular weight excluding hydrogens is 396 g/mol. The minimum absolute atomic E-state index is 0. The Morgan fingerprint density at radius 2 is 1.96 bits per heavy atom. The van der Waals surface area contributed by atoms with Gasteiger partial charge in [0.2, 0.25) is 10.0 Å². The van der Waals surface area contributed by atoms with Gasteiger partial charge in [-0.2, -0.15) is 0 Å². The van der Waals surface area contributed by atoms with Gasteiger partial charge in [0.05, 0.1) is 13.2 Å². The van der Waals surface area contributed by atoms with Gasteiger partial charge in [0.25, 0.3) is 5.91 Å². The molecule has 1 fully saturated rings. The van der Waals surface area contributed by atoms with Gasteiger partial charge in [-0.05, 0) is 32.0 Å². The van der Waals surface area contributed by atoms with E-state index in [4.69, 9.17) is 9.47 Å².